The smallest absolute Gasteiger partial charge is 0.335 e. The van der Waals surface area contributed by atoms with Crippen LogP contribution in [0.1, 0.15) is 10.4 Å². The van der Waals surface area contributed by atoms with Crippen LogP contribution in [0, 0.1) is 5.82 Å². The first-order chi connectivity index (χ1) is 8.49. The van der Waals surface area contributed by atoms with E-state index in [0.29, 0.717) is 16.1 Å². The Labute approximate surface area is 113 Å². The van der Waals surface area contributed by atoms with Crippen LogP contribution in [0.2, 0.25) is 10.0 Å². The van der Waals surface area contributed by atoms with Gasteiger partial charge < -0.3 is 5.11 Å². The van der Waals surface area contributed by atoms with Crippen molar-refractivity contribution in [3.05, 3.63) is 57.8 Å². The molecule has 0 amide bonds. The third-order valence-corrected chi connectivity index (χ3v) is 3.08. The van der Waals surface area contributed by atoms with Gasteiger partial charge in [0, 0.05) is 21.2 Å². The fraction of sp³-hybridized carbons (Fsp3) is 0. The Kier molecular flexibility index (Phi) is 3.55. The molecule has 0 spiro atoms. The Balaban J connectivity index is 2.58. The van der Waals surface area contributed by atoms with Crippen molar-refractivity contribution in [1.29, 1.82) is 0 Å². The molecule has 0 unspecified atom stereocenters. The topological polar surface area (TPSA) is 37.3 Å². The van der Waals surface area contributed by atoms with E-state index in [1.165, 1.54) is 36.4 Å². The Morgan fingerprint density at radius 3 is 2.33 bits per heavy atom. The standard InChI is InChI=1S/C13H7Cl2FO2/c14-11-4-2-8(16)6-10(11)9-3-1-7(13(17)18)5-12(9)15/h1-6H,(H,17,18). The van der Waals surface area contributed by atoms with E-state index in [1.807, 2.05) is 0 Å². The van der Waals surface area contributed by atoms with Crippen molar-refractivity contribution >= 4 is 29.2 Å². The van der Waals surface area contributed by atoms with Crippen LogP contribution < -0.4 is 0 Å². The first kappa shape index (κ1) is 12.9. The number of rotatable bonds is 2. The second kappa shape index (κ2) is 4.96. The Morgan fingerprint density at radius 2 is 1.72 bits per heavy atom. The van der Waals surface area contributed by atoms with Crippen molar-refractivity contribution in [3.63, 3.8) is 0 Å². The molecular weight excluding hydrogens is 278 g/mol. The van der Waals surface area contributed by atoms with Crippen LogP contribution in [-0.4, -0.2) is 11.1 Å². The summed E-state index contributed by atoms with van der Waals surface area (Å²) in [6.07, 6.45) is 0. The predicted molar refractivity (Wildman–Crippen MR) is 68.8 cm³/mol. The molecule has 0 radical (unpaired) electrons. The number of halogens is 3. The highest BCUT2D eigenvalue weighted by Crippen LogP contribution is 2.34. The summed E-state index contributed by atoms with van der Waals surface area (Å²) in [5.74, 6) is -1.51. The molecule has 0 fully saturated rings. The SMILES string of the molecule is O=C(O)c1ccc(-c2cc(F)ccc2Cl)c(Cl)c1. The molecule has 92 valence electrons. The van der Waals surface area contributed by atoms with E-state index in [0.717, 1.165) is 0 Å². The van der Waals surface area contributed by atoms with Gasteiger partial charge in [-0.15, -0.1) is 0 Å². The van der Waals surface area contributed by atoms with Gasteiger partial charge in [-0.05, 0) is 30.3 Å². The minimum Gasteiger partial charge on any atom is -0.478 e. The first-order valence-corrected chi connectivity index (χ1v) is 5.73. The minimum atomic E-state index is -1.08. The molecule has 0 aromatic heterocycles. The average molecular weight is 285 g/mol. The molecule has 0 saturated heterocycles. The number of hydrogen-bond donors (Lipinski definition) is 1. The van der Waals surface area contributed by atoms with Gasteiger partial charge in [-0.25, -0.2) is 9.18 Å². The number of carboxylic acids is 1. The maximum Gasteiger partial charge on any atom is 0.335 e. The number of carboxylic acid groups (broad SMARTS) is 1. The largest absolute Gasteiger partial charge is 0.478 e. The lowest BCUT2D eigenvalue weighted by molar-refractivity contribution is 0.0697. The summed E-state index contributed by atoms with van der Waals surface area (Å²) in [7, 11) is 0. The monoisotopic (exact) mass is 284 g/mol. The van der Waals surface area contributed by atoms with E-state index in [9.17, 15) is 9.18 Å². The van der Waals surface area contributed by atoms with Crippen LogP contribution in [0.15, 0.2) is 36.4 Å². The van der Waals surface area contributed by atoms with Gasteiger partial charge in [0.15, 0.2) is 0 Å². The fourth-order valence-corrected chi connectivity index (χ4v) is 2.07. The van der Waals surface area contributed by atoms with Crippen LogP contribution in [0.5, 0.6) is 0 Å². The van der Waals surface area contributed by atoms with Gasteiger partial charge in [0.05, 0.1) is 5.56 Å². The summed E-state index contributed by atoms with van der Waals surface area (Å²) in [6, 6.07) is 8.13. The molecule has 0 aliphatic carbocycles. The van der Waals surface area contributed by atoms with Crippen molar-refractivity contribution in [2.45, 2.75) is 0 Å². The lowest BCUT2D eigenvalue weighted by Crippen LogP contribution is -1.96. The van der Waals surface area contributed by atoms with E-state index in [-0.39, 0.29) is 10.6 Å². The third-order valence-electron chi connectivity index (χ3n) is 2.43. The molecule has 2 nitrogen and oxygen atoms in total. The Hall–Kier alpha value is -1.58. The van der Waals surface area contributed by atoms with Gasteiger partial charge in [0.25, 0.3) is 0 Å². The number of carbonyl (C=O) groups is 1. The second-order valence-electron chi connectivity index (χ2n) is 3.62. The molecule has 5 heteroatoms. The quantitative estimate of drug-likeness (QED) is 0.882. The zero-order valence-electron chi connectivity index (χ0n) is 8.95. The molecule has 0 heterocycles. The second-order valence-corrected chi connectivity index (χ2v) is 4.44. The van der Waals surface area contributed by atoms with Gasteiger partial charge in [-0.3, -0.25) is 0 Å². The van der Waals surface area contributed by atoms with E-state index in [1.54, 1.807) is 0 Å². The Morgan fingerprint density at radius 1 is 1.00 bits per heavy atom. The Bertz CT molecular complexity index is 626. The van der Waals surface area contributed by atoms with Crippen LogP contribution in [0.4, 0.5) is 4.39 Å². The zero-order valence-corrected chi connectivity index (χ0v) is 10.5. The third kappa shape index (κ3) is 2.47. The van der Waals surface area contributed by atoms with Crippen molar-refractivity contribution in [3.8, 4) is 11.1 Å². The van der Waals surface area contributed by atoms with Crippen LogP contribution in [0.25, 0.3) is 11.1 Å². The summed E-state index contributed by atoms with van der Waals surface area (Å²) in [5.41, 5.74) is 0.987. The van der Waals surface area contributed by atoms with E-state index < -0.39 is 11.8 Å². The maximum atomic E-state index is 13.2. The van der Waals surface area contributed by atoms with Crippen LogP contribution in [-0.2, 0) is 0 Å². The molecule has 0 saturated carbocycles. The predicted octanol–water partition coefficient (Wildman–Crippen LogP) is 4.50. The molecule has 2 rings (SSSR count). The minimum absolute atomic E-state index is 0.0660. The lowest BCUT2D eigenvalue weighted by atomic mass is 10.0. The number of hydrogen-bond acceptors (Lipinski definition) is 1. The molecule has 0 atom stereocenters. The van der Waals surface area contributed by atoms with Crippen molar-refractivity contribution in [2.75, 3.05) is 0 Å². The van der Waals surface area contributed by atoms with Gasteiger partial charge >= 0.3 is 5.97 Å². The van der Waals surface area contributed by atoms with Crippen LogP contribution >= 0.6 is 23.2 Å². The van der Waals surface area contributed by atoms with Crippen LogP contribution in [0.3, 0.4) is 0 Å². The molecule has 0 aliphatic heterocycles. The van der Waals surface area contributed by atoms with Gasteiger partial charge in [-0.1, -0.05) is 29.3 Å². The highest BCUT2D eigenvalue weighted by molar-refractivity contribution is 6.36. The summed E-state index contributed by atoms with van der Waals surface area (Å²) in [4.78, 5) is 10.8. The van der Waals surface area contributed by atoms with Crippen molar-refractivity contribution in [1.82, 2.24) is 0 Å². The normalized spacial score (nSPS) is 10.4. The van der Waals surface area contributed by atoms with E-state index in [4.69, 9.17) is 28.3 Å². The zero-order chi connectivity index (χ0) is 13.3. The molecule has 0 aliphatic rings. The summed E-state index contributed by atoms with van der Waals surface area (Å²) >= 11 is 12.0. The maximum absolute atomic E-state index is 13.2. The number of benzene rings is 2. The van der Waals surface area contributed by atoms with Gasteiger partial charge in [0.1, 0.15) is 5.82 Å². The molecule has 18 heavy (non-hydrogen) atoms. The summed E-state index contributed by atoms with van der Waals surface area (Å²) < 4.78 is 13.2. The van der Waals surface area contributed by atoms with E-state index in [2.05, 4.69) is 0 Å². The molecular formula is C13H7Cl2FO2. The highest BCUT2D eigenvalue weighted by Gasteiger charge is 2.11. The van der Waals surface area contributed by atoms with Gasteiger partial charge in [0.2, 0.25) is 0 Å². The fourth-order valence-electron chi connectivity index (χ4n) is 1.57. The molecule has 0 bridgehead atoms. The number of aromatic carboxylic acids is 1. The summed E-state index contributed by atoms with van der Waals surface area (Å²) in [5, 5.41) is 9.38. The highest BCUT2D eigenvalue weighted by atomic mass is 35.5. The average Bonchev–Trinajstić information content (AvgIpc) is 2.32. The first-order valence-electron chi connectivity index (χ1n) is 4.97. The molecule has 2 aromatic carbocycles. The molecule has 1 N–H and O–H groups in total. The summed E-state index contributed by atoms with van der Waals surface area (Å²) in [6.45, 7) is 0. The lowest BCUT2D eigenvalue weighted by Gasteiger charge is -2.08. The van der Waals surface area contributed by atoms with Crippen molar-refractivity contribution < 1.29 is 14.3 Å². The van der Waals surface area contributed by atoms with E-state index >= 15 is 0 Å². The van der Waals surface area contributed by atoms with Gasteiger partial charge in [-0.2, -0.15) is 0 Å². The molecule has 2 aromatic rings. The van der Waals surface area contributed by atoms with Crippen molar-refractivity contribution in [2.24, 2.45) is 0 Å².